The van der Waals surface area contributed by atoms with Gasteiger partial charge in [0.05, 0.1) is 0 Å². The van der Waals surface area contributed by atoms with Crippen molar-refractivity contribution in [1.29, 1.82) is 0 Å². The van der Waals surface area contributed by atoms with Gasteiger partial charge in [-0.1, -0.05) is 48.9 Å². The van der Waals surface area contributed by atoms with E-state index in [-0.39, 0.29) is 0 Å². The van der Waals surface area contributed by atoms with Gasteiger partial charge < -0.3 is 0 Å². The zero-order chi connectivity index (χ0) is 14.8. The Morgan fingerprint density at radius 2 is 1.71 bits per heavy atom. The van der Waals surface area contributed by atoms with Crippen LogP contribution in [-0.4, -0.2) is 14.8 Å². The van der Waals surface area contributed by atoms with Crippen LogP contribution in [0.25, 0.3) is 17.1 Å². The number of rotatable bonds is 3. The monoisotopic (exact) mass is 295 g/mol. The van der Waals surface area contributed by atoms with Crippen molar-refractivity contribution < 1.29 is 0 Å². The summed E-state index contributed by atoms with van der Waals surface area (Å²) in [6.07, 6.45) is 1.03. The molecule has 0 bridgehead atoms. The second kappa shape index (κ2) is 5.66. The van der Waals surface area contributed by atoms with Crippen LogP contribution in [0.2, 0.25) is 0 Å². The summed E-state index contributed by atoms with van der Waals surface area (Å²) in [4.78, 5) is 0. The fraction of sp³-hybridized carbons (Fsp3) is 0.176. The lowest BCUT2D eigenvalue weighted by Crippen LogP contribution is -1.98. The highest BCUT2D eigenvalue weighted by atomic mass is 32.1. The molecule has 1 aromatic heterocycles. The van der Waals surface area contributed by atoms with E-state index in [1.165, 1.54) is 11.1 Å². The van der Waals surface area contributed by atoms with Crippen molar-refractivity contribution >= 4 is 12.2 Å². The number of aromatic amines is 1. The second-order valence-corrected chi connectivity index (χ2v) is 5.46. The fourth-order valence-electron chi connectivity index (χ4n) is 2.31. The average molecular weight is 295 g/mol. The van der Waals surface area contributed by atoms with E-state index < -0.39 is 0 Å². The van der Waals surface area contributed by atoms with E-state index in [4.69, 9.17) is 12.2 Å². The molecule has 1 heterocycles. The zero-order valence-electron chi connectivity index (χ0n) is 12.1. The molecular formula is C17H17N3S. The minimum absolute atomic E-state index is 0.606. The van der Waals surface area contributed by atoms with Gasteiger partial charge in [0.2, 0.25) is 0 Å². The molecule has 1 N–H and O–H groups in total. The maximum absolute atomic E-state index is 5.39. The van der Waals surface area contributed by atoms with Gasteiger partial charge in [-0.15, -0.1) is 0 Å². The highest BCUT2D eigenvalue weighted by molar-refractivity contribution is 7.71. The van der Waals surface area contributed by atoms with Gasteiger partial charge in [-0.05, 0) is 43.3 Å². The number of benzene rings is 2. The van der Waals surface area contributed by atoms with Crippen molar-refractivity contribution in [3.8, 4) is 17.1 Å². The molecule has 4 heteroatoms. The maximum Gasteiger partial charge on any atom is 0.200 e. The van der Waals surface area contributed by atoms with Gasteiger partial charge >= 0.3 is 0 Å². The Bertz CT molecular complexity index is 795. The van der Waals surface area contributed by atoms with E-state index in [1.54, 1.807) is 0 Å². The first-order valence-electron chi connectivity index (χ1n) is 7.03. The van der Waals surface area contributed by atoms with Crippen LogP contribution in [0.3, 0.4) is 0 Å². The lowest BCUT2D eigenvalue weighted by molar-refractivity contribution is 1.03. The second-order valence-electron chi connectivity index (χ2n) is 5.07. The van der Waals surface area contributed by atoms with Gasteiger partial charge in [-0.25, -0.2) is 0 Å². The molecule has 0 aliphatic carbocycles. The Hall–Kier alpha value is -2.20. The third-order valence-electron chi connectivity index (χ3n) is 3.58. The Morgan fingerprint density at radius 3 is 2.33 bits per heavy atom. The molecule has 3 aromatic rings. The Morgan fingerprint density at radius 1 is 1.05 bits per heavy atom. The molecule has 0 fully saturated rings. The van der Waals surface area contributed by atoms with Gasteiger partial charge in [0.25, 0.3) is 0 Å². The van der Waals surface area contributed by atoms with Crippen molar-refractivity contribution in [2.45, 2.75) is 20.3 Å². The molecule has 0 amide bonds. The molecule has 3 nitrogen and oxygen atoms in total. The first-order valence-corrected chi connectivity index (χ1v) is 7.43. The fourth-order valence-corrected chi connectivity index (χ4v) is 2.55. The molecule has 0 radical (unpaired) electrons. The number of nitrogens with zero attached hydrogens (tertiary/aromatic N) is 2. The smallest absolute Gasteiger partial charge is 0.200 e. The molecule has 106 valence electrons. The molecule has 0 atom stereocenters. The first-order chi connectivity index (χ1) is 10.2. The molecule has 3 rings (SSSR count). The van der Waals surface area contributed by atoms with Gasteiger partial charge in [0.15, 0.2) is 10.6 Å². The van der Waals surface area contributed by atoms with Crippen LogP contribution in [0.5, 0.6) is 0 Å². The standard InChI is InChI=1S/C17H17N3S/c1-3-13-6-10-15(11-7-13)20-16(18-19-17(20)21)14-8-4-12(2)5-9-14/h4-11H,3H2,1-2H3,(H,19,21). The van der Waals surface area contributed by atoms with Crippen LogP contribution in [0, 0.1) is 11.7 Å². The van der Waals surface area contributed by atoms with Gasteiger partial charge in [0, 0.05) is 11.3 Å². The van der Waals surface area contributed by atoms with Crippen molar-refractivity contribution in [2.75, 3.05) is 0 Å². The number of aromatic nitrogens is 3. The molecular weight excluding hydrogens is 278 g/mol. The molecule has 2 aromatic carbocycles. The van der Waals surface area contributed by atoms with Crippen molar-refractivity contribution in [1.82, 2.24) is 14.8 Å². The quantitative estimate of drug-likeness (QED) is 0.723. The summed E-state index contributed by atoms with van der Waals surface area (Å²) in [5.41, 5.74) is 4.62. The van der Waals surface area contributed by atoms with E-state index in [2.05, 4.69) is 72.6 Å². The molecule has 0 unspecified atom stereocenters. The van der Waals surface area contributed by atoms with E-state index in [1.807, 2.05) is 4.57 Å². The Balaban J connectivity index is 2.12. The summed E-state index contributed by atoms with van der Waals surface area (Å²) in [5.74, 6) is 0.837. The van der Waals surface area contributed by atoms with E-state index >= 15 is 0 Å². The molecule has 0 aliphatic heterocycles. The number of H-pyrrole nitrogens is 1. The number of nitrogens with one attached hydrogen (secondary N) is 1. The summed E-state index contributed by atoms with van der Waals surface area (Å²) in [6, 6.07) is 16.7. The summed E-state index contributed by atoms with van der Waals surface area (Å²) in [6.45, 7) is 4.22. The van der Waals surface area contributed by atoms with E-state index in [0.29, 0.717) is 4.77 Å². The summed E-state index contributed by atoms with van der Waals surface area (Å²) in [5, 5.41) is 7.27. The molecule has 0 saturated heterocycles. The number of hydrogen-bond donors (Lipinski definition) is 1. The highest BCUT2D eigenvalue weighted by Crippen LogP contribution is 2.22. The van der Waals surface area contributed by atoms with E-state index in [0.717, 1.165) is 23.5 Å². The van der Waals surface area contributed by atoms with Crippen LogP contribution in [0.15, 0.2) is 48.5 Å². The van der Waals surface area contributed by atoms with E-state index in [9.17, 15) is 0 Å². The van der Waals surface area contributed by atoms with Crippen molar-refractivity contribution in [3.05, 3.63) is 64.4 Å². The summed E-state index contributed by atoms with van der Waals surface area (Å²) >= 11 is 5.39. The third-order valence-corrected chi connectivity index (χ3v) is 3.86. The highest BCUT2D eigenvalue weighted by Gasteiger charge is 2.10. The lowest BCUT2D eigenvalue weighted by atomic mass is 10.1. The van der Waals surface area contributed by atoms with Gasteiger partial charge in [-0.2, -0.15) is 5.10 Å². The normalized spacial score (nSPS) is 10.8. The zero-order valence-corrected chi connectivity index (χ0v) is 12.9. The van der Waals surface area contributed by atoms with Crippen molar-refractivity contribution in [3.63, 3.8) is 0 Å². The van der Waals surface area contributed by atoms with Crippen LogP contribution in [-0.2, 0) is 6.42 Å². The third kappa shape index (κ3) is 2.67. The predicted molar refractivity (Wildman–Crippen MR) is 88.3 cm³/mol. The molecule has 0 spiro atoms. The van der Waals surface area contributed by atoms with Crippen LogP contribution < -0.4 is 0 Å². The van der Waals surface area contributed by atoms with Crippen molar-refractivity contribution in [2.24, 2.45) is 0 Å². The van der Waals surface area contributed by atoms with Gasteiger partial charge in [-0.3, -0.25) is 9.67 Å². The predicted octanol–water partition coefficient (Wildman–Crippen LogP) is 4.47. The summed E-state index contributed by atoms with van der Waals surface area (Å²) < 4.78 is 2.58. The van der Waals surface area contributed by atoms with Gasteiger partial charge in [0.1, 0.15) is 0 Å². The van der Waals surface area contributed by atoms with Crippen LogP contribution >= 0.6 is 12.2 Å². The lowest BCUT2D eigenvalue weighted by Gasteiger charge is -2.08. The molecule has 0 aliphatic rings. The Labute approximate surface area is 129 Å². The summed E-state index contributed by atoms with van der Waals surface area (Å²) in [7, 11) is 0. The topological polar surface area (TPSA) is 33.6 Å². The minimum atomic E-state index is 0.606. The van der Waals surface area contributed by atoms with Crippen LogP contribution in [0.4, 0.5) is 0 Å². The SMILES string of the molecule is CCc1ccc(-n2c(-c3ccc(C)cc3)n[nH]c2=S)cc1. The Kier molecular flexibility index (Phi) is 3.71. The number of aryl methyl sites for hydroxylation is 2. The average Bonchev–Trinajstić information content (AvgIpc) is 2.90. The molecule has 21 heavy (non-hydrogen) atoms. The molecule has 0 saturated carbocycles. The minimum Gasteiger partial charge on any atom is -0.268 e. The maximum atomic E-state index is 5.39. The van der Waals surface area contributed by atoms with Crippen LogP contribution in [0.1, 0.15) is 18.1 Å². The number of hydrogen-bond acceptors (Lipinski definition) is 2. The first kappa shape index (κ1) is 13.8. The largest absolute Gasteiger partial charge is 0.268 e.